The van der Waals surface area contributed by atoms with Crippen LogP contribution in [0.3, 0.4) is 0 Å². The molecule has 0 radical (unpaired) electrons. The van der Waals surface area contributed by atoms with Crippen LogP contribution >= 0.6 is 0 Å². The molecule has 0 fully saturated rings. The number of benzene rings is 2. The van der Waals surface area contributed by atoms with E-state index in [4.69, 9.17) is 0 Å². The molecule has 0 saturated carbocycles. The number of hydrogen-bond acceptors (Lipinski definition) is 3. The van der Waals surface area contributed by atoms with Crippen molar-refractivity contribution in [1.29, 1.82) is 0 Å². The molecule has 4 aromatic rings. The highest BCUT2D eigenvalue weighted by molar-refractivity contribution is 5.92. The predicted molar refractivity (Wildman–Crippen MR) is 109 cm³/mol. The van der Waals surface area contributed by atoms with Gasteiger partial charge < -0.3 is 9.88 Å². The van der Waals surface area contributed by atoms with Crippen LogP contribution in [0.1, 0.15) is 11.5 Å². The van der Waals surface area contributed by atoms with Crippen LogP contribution in [0.5, 0.6) is 0 Å². The summed E-state index contributed by atoms with van der Waals surface area (Å²) in [7, 11) is 1.66. The standard InChI is InChI=1S/C21H18F3N5O2/c1-13-18(19(31)29(27(13)2)14-8-4-3-5-9-14)26-17(30)12-28-16-11-7-6-10-15(16)25-20(28)21(22,23)24/h3-11H,12H2,1-2H3,(H,26,30). The van der Waals surface area contributed by atoms with Crippen LogP contribution in [0.15, 0.2) is 59.4 Å². The third-order valence-electron chi connectivity index (χ3n) is 5.03. The highest BCUT2D eigenvalue weighted by atomic mass is 19.4. The number of anilines is 1. The fraction of sp³-hybridized carbons (Fsp3) is 0.190. The van der Waals surface area contributed by atoms with Gasteiger partial charge in [0.1, 0.15) is 12.2 Å². The summed E-state index contributed by atoms with van der Waals surface area (Å²) < 4.78 is 44.1. The van der Waals surface area contributed by atoms with E-state index in [0.717, 1.165) is 4.57 Å². The largest absolute Gasteiger partial charge is 0.449 e. The van der Waals surface area contributed by atoms with E-state index in [1.807, 2.05) is 0 Å². The normalized spacial score (nSPS) is 11.8. The summed E-state index contributed by atoms with van der Waals surface area (Å²) in [5.74, 6) is -1.94. The second-order valence-corrected chi connectivity index (χ2v) is 6.99. The van der Waals surface area contributed by atoms with E-state index in [-0.39, 0.29) is 16.7 Å². The minimum Gasteiger partial charge on any atom is -0.318 e. The lowest BCUT2D eigenvalue weighted by Gasteiger charge is -2.11. The molecular formula is C21H18F3N5O2. The topological polar surface area (TPSA) is 73.8 Å². The van der Waals surface area contributed by atoms with Gasteiger partial charge >= 0.3 is 6.18 Å². The number of nitrogens with zero attached hydrogens (tertiary/aromatic N) is 4. The number of aromatic nitrogens is 4. The lowest BCUT2D eigenvalue weighted by molar-refractivity contribution is -0.147. The summed E-state index contributed by atoms with van der Waals surface area (Å²) in [6.07, 6.45) is -4.73. The third kappa shape index (κ3) is 3.60. The highest BCUT2D eigenvalue weighted by Gasteiger charge is 2.38. The zero-order valence-corrected chi connectivity index (χ0v) is 16.6. The second-order valence-electron chi connectivity index (χ2n) is 6.99. The van der Waals surface area contributed by atoms with Gasteiger partial charge in [-0.3, -0.25) is 14.3 Å². The van der Waals surface area contributed by atoms with Gasteiger partial charge in [0, 0.05) is 7.05 Å². The molecule has 0 aliphatic heterocycles. The van der Waals surface area contributed by atoms with Crippen molar-refractivity contribution in [2.45, 2.75) is 19.6 Å². The van der Waals surface area contributed by atoms with Gasteiger partial charge in [-0.1, -0.05) is 30.3 Å². The minimum atomic E-state index is -4.73. The molecule has 0 aliphatic carbocycles. The second kappa shape index (κ2) is 7.46. The molecule has 2 aromatic heterocycles. The van der Waals surface area contributed by atoms with E-state index in [9.17, 15) is 22.8 Å². The van der Waals surface area contributed by atoms with Crippen molar-refractivity contribution < 1.29 is 18.0 Å². The van der Waals surface area contributed by atoms with Crippen molar-refractivity contribution in [1.82, 2.24) is 18.9 Å². The Bertz CT molecular complexity index is 1330. The summed E-state index contributed by atoms with van der Waals surface area (Å²) in [4.78, 5) is 29.2. The number of carbonyl (C=O) groups is 1. The van der Waals surface area contributed by atoms with Gasteiger partial charge in [-0.15, -0.1) is 0 Å². The van der Waals surface area contributed by atoms with Crippen LogP contribution in [0, 0.1) is 6.92 Å². The number of halogens is 3. The zero-order valence-electron chi connectivity index (χ0n) is 16.6. The Labute approximate surface area is 174 Å². The molecule has 4 rings (SSSR count). The molecule has 0 atom stereocenters. The summed E-state index contributed by atoms with van der Waals surface area (Å²) in [6, 6.07) is 14.9. The van der Waals surface area contributed by atoms with Gasteiger partial charge in [0.05, 0.1) is 22.4 Å². The lowest BCUT2D eigenvalue weighted by Crippen LogP contribution is -2.26. The van der Waals surface area contributed by atoms with Crippen molar-refractivity contribution >= 4 is 22.6 Å². The van der Waals surface area contributed by atoms with E-state index in [0.29, 0.717) is 11.4 Å². The number of hydrogen-bond donors (Lipinski definition) is 1. The first-order valence-corrected chi connectivity index (χ1v) is 9.35. The van der Waals surface area contributed by atoms with Crippen molar-refractivity contribution in [2.24, 2.45) is 7.05 Å². The molecule has 160 valence electrons. The number of para-hydroxylation sites is 3. The zero-order chi connectivity index (χ0) is 22.3. The smallest absolute Gasteiger partial charge is 0.318 e. The van der Waals surface area contributed by atoms with Crippen LogP contribution in [0.2, 0.25) is 0 Å². The van der Waals surface area contributed by atoms with Crippen molar-refractivity contribution in [2.75, 3.05) is 5.32 Å². The van der Waals surface area contributed by atoms with Gasteiger partial charge in [0.25, 0.3) is 5.56 Å². The number of carbonyl (C=O) groups excluding carboxylic acids is 1. The van der Waals surface area contributed by atoms with E-state index in [2.05, 4.69) is 10.3 Å². The number of nitrogens with one attached hydrogen (secondary N) is 1. The molecule has 0 spiro atoms. The fourth-order valence-electron chi connectivity index (χ4n) is 3.49. The summed E-state index contributed by atoms with van der Waals surface area (Å²) in [6.45, 7) is 0.999. The van der Waals surface area contributed by atoms with Gasteiger partial charge in [0.15, 0.2) is 0 Å². The Morgan fingerprint density at radius 1 is 1.06 bits per heavy atom. The quantitative estimate of drug-likeness (QED) is 0.540. The minimum absolute atomic E-state index is 0.00864. The van der Waals surface area contributed by atoms with Gasteiger partial charge in [0.2, 0.25) is 11.7 Å². The number of fused-ring (bicyclic) bond motifs is 1. The molecule has 1 amide bonds. The first kappa shape index (κ1) is 20.5. The molecule has 2 aromatic carbocycles. The maximum atomic E-state index is 13.5. The van der Waals surface area contributed by atoms with E-state index in [1.165, 1.54) is 16.8 Å². The monoisotopic (exact) mass is 429 g/mol. The summed E-state index contributed by atoms with van der Waals surface area (Å²) in [5.41, 5.74) is 0.897. The molecule has 0 aliphatic rings. The molecule has 7 nitrogen and oxygen atoms in total. The Morgan fingerprint density at radius 3 is 2.39 bits per heavy atom. The Balaban J connectivity index is 1.69. The molecule has 1 N–H and O–H groups in total. The number of imidazole rings is 1. The van der Waals surface area contributed by atoms with Gasteiger partial charge in [-0.2, -0.15) is 13.2 Å². The number of alkyl halides is 3. The SMILES string of the molecule is Cc1c(NC(=O)Cn2c(C(F)(F)F)nc3ccccc32)c(=O)n(-c2ccccc2)n1C. The average Bonchev–Trinajstić information content (AvgIpc) is 3.20. The van der Waals surface area contributed by atoms with Gasteiger partial charge in [-0.05, 0) is 31.2 Å². The first-order valence-electron chi connectivity index (χ1n) is 9.35. The molecular weight excluding hydrogens is 411 g/mol. The predicted octanol–water partition coefficient (Wildman–Crippen LogP) is 3.49. The van der Waals surface area contributed by atoms with E-state index < -0.39 is 30.0 Å². The first-order chi connectivity index (χ1) is 14.7. The average molecular weight is 429 g/mol. The Kier molecular flexibility index (Phi) is 4.92. The molecule has 0 unspecified atom stereocenters. The number of amides is 1. The third-order valence-corrected chi connectivity index (χ3v) is 5.03. The summed E-state index contributed by atoms with van der Waals surface area (Å²) >= 11 is 0. The van der Waals surface area contributed by atoms with Crippen molar-refractivity contribution in [3.8, 4) is 5.69 Å². The summed E-state index contributed by atoms with van der Waals surface area (Å²) in [5, 5.41) is 2.48. The molecule has 2 heterocycles. The maximum Gasteiger partial charge on any atom is 0.449 e. The Hall–Kier alpha value is -3.82. The van der Waals surface area contributed by atoms with Crippen LogP contribution in [0.4, 0.5) is 18.9 Å². The fourth-order valence-corrected chi connectivity index (χ4v) is 3.49. The van der Waals surface area contributed by atoms with Crippen molar-refractivity contribution in [3.05, 3.63) is 76.5 Å². The molecule has 10 heteroatoms. The Morgan fingerprint density at radius 2 is 1.71 bits per heavy atom. The molecule has 31 heavy (non-hydrogen) atoms. The molecule has 0 saturated heterocycles. The van der Waals surface area contributed by atoms with E-state index in [1.54, 1.807) is 61.1 Å². The van der Waals surface area contributed by atoms with E-state index >= 15 is 0 Å². The maximum absolute atomic E-state index is 13.5. The van der Waals surface area contributed by atoms with Crippen LogP contribution in [-0.4, -0.2) is 24.8 Å². The van der Waals surface area contributed by atoms with Crippen molar-refractivity contribution in [3.63, 3.8) is 0 Å². The van der Waals surface area contributed by atoms with Crippen LogP contribution in [0.25, 0.3) is 16.7 Å². The van der Waals surface area contributed by atoms with Crippen LogP contribution < -0.4 is 10.9 Å². The number of rotatable bonds is 4. The van der Waals surface area contributed by atoms with Gasteiger partial charge in [-0.25, -0.2) is 9.67 Å². The molecule has 0 bridgehead atoms. The highest BCUT2D eigenvalue weighted by Crippen LogP contribution is 2.31. The van der Waals surface area contributed by atoms with Crippen LogP contribution in [-0.2, 0) is 24.6 Å². The lowest BCUT2D eigenvalue weighted by atomic mass is 10.3.